The number of benzene rings is 1. The molecule has 122 valence electrons. The van der Waals surface area contributed by atoms with Crippen LogP contribution in [0.25, 0.3) is 10.9 Å². The molecule has 0 bridgehead atoms. The second kappa shape index (κ2) is 6.32. The number of rotatable bonds is 5. The van der Waals surface area contributed by atoms with E-state index in [1.807, 2.05) is 0 Å². The zero-order valence-electron chi connectivity index (χ0n) is 12.6. The average molecular weight is 327 g/mol. The molecule has 9 nitrogen and oxygen atoms in total. The fraction of sp³-hybridized carbons (Fsp3) is 0.133. The number of hydrogen-bond donors (Lipinski definition) is 3. The van der Waals surface area contributed by atoms with Gasteiger partial charge >= 0.3 is 11.9 Å². The van der Waals surface area contributed by atoms with Gasteiger partial charge in [-0.3, -0.25) is 14.7 Å². The Morgan fingerprint density at radius 3 is 2.88 bits per heavy atom. The summed E-state index contributed by atoms with van der Waals surface area (Å²) >= 11 is 0. The highest BCUT2D eigenvalue weighted by Gasteiger charge is 2.10. The molecule has 0 saturated carbocycles. The molecule has 3 N–H and O–H groups in total. The van der Waals surface area contributed by atoms with E-state index in [1.165, 1.54) is 13.3 Å². The Hall–Kier alpha value is -3.49. The van der Waals surface area contributed by atoms with Gasteiger partial charge in [0.15, 0.2) is 5.82 Å². The first-order chi connectivity index (χ1) is 11.5. The first-order valence-corrected chi connectivity index (χ1v) is 6.97. The van der Waals surface area contributed by atoms with Crippen LogP contribution in [0.5, 0.6) is 5.75 Å². The van der Waals surface area contributed by atoms with E-state index in [0.717, 1.165) is 0 Å². The first kappa shape index (κ1) is 15.4. The van der Waals surface area contributed by atoms with Crippen LogP contribution in [-0.4, -0.2) is 37.2 Å². The third-order valence-corrected chi connectivity index (χ3v) is 3.09. The van der Waals surface area contributed by atoms with Gasteiger partial charge in [-0.2, -0.15) is 5.10 Å². The molecule has 0 atom stereocenters. The van der Waals surface area contributed by atoms with Crippen molar-refractivity contribution in [1.29, 1.82) is 0 Å². The molecule has 0 aliphatic rings. The van der Waals surface area contributed by atoms with Crippen LogP contribution in [0, 0.1) is 0 Å². The number of carboxylic acid groups (broad SMARTS) is 1. The van der Waals surface area contributed by atoms with Crippen molar-refractivity contribution in [3.8, 4) is 5.75 Å². The van der Waals surface area contributed by atoms with Gasteiger partial charge in [0, 0.05) is 24.1 Å². The number of carbonyl (C=O) groups excluding carboxylic acids is 1. The van der Waals surface area contributed by atoms with Gasteiger partial charge in [0.1, 0.15) is 17.9 Å². The molecule has 1 aromatic carbocycles. The van der Waals surface area contributed by atoms with E-state index in [-0.39, 0.29) is 6.42 Å². The molecule has 9 heteroatoms. The highest BCUT2D eigenvalue weighted by Crippen LogP contribution is 2.26. The number of fused-ring (bicyclic) bond motifs is 1. The number of hydrogen-bond acceptors (Lipinski definition) is 7. The number of carbonyl (C=O) groups is 2. The van der Waals surface area contributed by atoms with Crippen molar-refractivity contribution in [2.45, 2.75) is 13.3 Å². The fourth-order valence-electron chi connectivity index (χ4n) is 2.17. The Bertz CT molecular complexity index is 921. The molecule has 0 fully saturated rings. The minimum atomic E-state index is -0.955. The van der Waals surface area contributed by atoms with Gasteiger partial charge in [0.2, 0.25) is 0 Å². The van der Waals surface area contributed by atoms with Crippen LogP contribution >= 0.6 is 0 Å². The minimum Gasteiger partial charge on any atom is -0.481 e. The molecule has 0 unspecified atom stereocenters. The van der Waals surface area contributed by atoms with Gasteiger partial charge in [0.05, 0.1) is 11.9 Å². The van der Waals surface area contributed by atoms with Crippen molar-refractivity contribution in [2.75, 3.05) is 5.32 Å². The Kier molecular flexibility index (Phi) is 4.06. The summed E-state index contributed by atoms with van der Waals surface area (Å²) in [6, 6.07) is 6.57. The maximum absolute atomic E-state index is 11.1. The Morgan fingerprint density at radius 2 is 2.12 bits per heavy atom. The van der Waals surface area contributed by atoms with Crippen LogP contribution in [0.15, 0.2) is 30.6 Å². The van der Waals surface area contributed by atoms with Gasteiger partial charge in [-0.25, -0.2) is 9.97 Å². The van der Waals surface area contributed by atoms with Gasteiger partial charge in [-0.15, -0.1) is 0 Å². The van der Waals surface area contributed by atoms with Crippen LogP contribution in [0.4, 0.5) is 11.6 Å². The molecule has 0 amide bonds. The SMILES string of the molecule is CC(=O)Oc1ccc2ncnc(Nc3cc(CC(=O)O)[nH]n3)c2c1. The number of anilines is 2. The summed E-state index contributed by atoms with van der Waals surface area (Å²) in [5, 5.41) is 19.0. The highest BCUT2D eigenvalue weighted by atomic mass is 16.5. The fourth-order valence-corrected chi connectivity index (χ4v) is 2.17. The van der Waals surface area contributed by atoms with E-state index >= 15 is 0 Å². The average Bonchev–Trinajstić information content (AvgIpc) is 2.93. The molecule has 24 heavy (non-hydrogen) atoms. The van der Waals surface area contributed by atoms with Crippen LogP contribution < -0.4 is 10.1 Å². The molecular formula is C15H13N5O4. The summed E-state index contributed by atoms with van der Waals surface area (Å²) in [4.78, 5) is 30.1. The molecule has 3 rings (SSSR count). The molecule has 0 spiro atoms. The number of aromatic amines is 1. The van der Waals surface area contributed by atoms with E-state index in [1.54, 1.807) is 24.3 Å². The second-order valence-electron chi connectivity index (χ2n) is 4.97. The zero-order chi connectivity index (χ0) is 17.1. The maximum atomic E-state index is 11.1. The smallest absolute Gasteiger partial charge is 0.309 e. The first-order valence-electron chi connectivity index (χ1n) is 6.97. The summed E-state index contributed by atoms with van der Waals surface area (Å²) in [5.74, 6) is -0.122. The Balaban J connectivity index is 1.92. The molecule has 0 aliphatic carbocycles. The monoisotopic (exact) mass is 327 g/mol. The second-order valence-corrected chi connectivity index (χ2v) is 4.97. The molecule has 2 aromatic heterocycles. The summed E-state index contributed by atoms with van der Waals surface area (Å²) in [6.45, 7) is 1.32. The predicted molar refractivity (Wildman–Crippen MR) is 84.1 cm³/mol. The van der Waals surface area contributed by atoms with Crippen LogP contribution in [0.3, 0.4) is 0 Å². The van der Waals surface area contributed by atoms with Crippen molar-refractivity contribution < 1.29 is 19.4 Å². The van der Waals surface area contributed by atoms with Crippen molar-refractivity contribution in [2.24, 2.45) is 0 Å². The minimum absolute atomic E-state index is 0.157. The van der Waals surface area contributed by atoms with Crippen LogP contribution in [0.2, 0.25) is 0 Å². The van der Waals surface area contributed by atoms with Crippen molar-refractivity contribution in [3.05, 3.63) is 36.3 Å². The van der Waals surface area contributed by atoms with Gasteiger partial charge < -0.3 is 15.2 Å². The lowest BCUT2D eigenvalue weighted by atomic mass is 10.2. The normalized spacial score (nSPS) is 10.5. The third kappa shape index (κ3) is 3.46. The highest BCUT2D eigenvalue weighted by molar-refractivity contribution is 5.91. The Labute approximate surface area is 135 Å². The predicted octanol–water partition coefficient (Wildman–Crippen LogP) is 1.65. The van der Waals surface area contributed by atoms with E-state index in [2.05, 4.69) is 25.5 Å². The van der Waals surface area contributed by atoms with E-state index in [4.69, 9.17) is 9.84 Å². The zero-order valence-corrected chi connectivity index (χ0v) is 12.6. The number of aliphatic carboxylic acids is 1. The molecule has 0 radical (unpaired) electrons. The summed E-state index contributed by atoms with van der Waals surface area (Å²) in [6.07, 6.45) is 1.23. The molecule has 0 aliphatic heterocycles. The van der Waals surface area contributed by atoms with Crippen LogP contribution in [0.1, 0.15) is 12.6 Å². The molecule has 2 heterocycles. The van der Waals surface area contributed by atoms with E-state index in [0.29, 0.717) is 34.0 Å². The molecule has 0 saturated heterocycles. The van der Waals surface area contributed by atoms with Crippen molar-refractivity contribution in [1.82, 2.24) is 20.2 Å². The summed E-state index contributed by atoms with van der Waals surface area (Å²) in [5.41, 5.74) is 1.12. The van der Waals surface area contributed by atoms with Gasteiger partial charge in [-0.05, 0) is 18.2 Å². The maximum Gasteiger partial charge on any atom is 0.309 e. The lowest BCUT2D eigenvalue weighted by Gasteiger charge is -2.07. The number of aromatic nitrogens is 4. The van der Waals surface area contributed by atoms with Gasteiger partial charge in [-0.1, -0.05) is 0 Å². The van der Waals surface area contributed by atoms with E-state index in [9.17, 15) is 9.59 Å². The quantitative estimate of drug-likeness (QED) is 0.476. The van der Waals surface area contributed by atoms with Gasteiger partial charge in [0.25, 0.3) is 0 Å². The van der Waals surface area contributed by atoms with E-state index < -0.39 is 11.9 Å². The number of nitrogens with one attached hydrogen (secondary N) is 2. The van der Waals surface area contributed by atoms with Crippen molar-refractivity contribution in [3.63, 3.8) is 0 Å². The molecule has 3 aromatic rings. The number of H-pyrrole nitrogens is 1. The number of carboxylic acids is 1. The standard InChI is InChI=1S/C15H13N5O4/c1-8(21)24-10-2-3-12-11(6-10)15(17-7-16-12)18-13-4-9(19-20-13)5-14(22)23/h2-4,6-7H,5H2,1H3,(H,22,23)(H2,16,17,18,19,20). The largest absolute Gasteiger partial charge is 0.481 e. The third-order valence-electron chi connectivity index (χ3n) is 3.09. The lowest BCUT2D eigenvalue weighted by molar-refractivity contribution is -0.136. The molecular weight excluding hydrogens is 314 g/mol. The van der Waals surface area contributed by atoms with Crippen molar-refractivity contribution >= 4 is 34.5 Å². The number of esters is 1. The van der Waals surface area contributed by atoms with Crippen LogP contribution in [-0.2, 0) is 16.0 Å². The topological polar surface area (TPSA) is 130 Å². The number of nitrogens with zero attached hydrogens (tertiary/aromatic N) is 3. The summed E-state index contributed by atoms with van der Waals surface area (Å²) in [7, 11) is 0. The Morgan fingerprint density at radius 1 is 1.29 bits per heavy atom. The lowest BCUT2D eigenvalue weighted by Crippen LogP contribution is -2.02. The summed E-state index contributed by atoms with van der Waals surface area (Å²) < 4.78 is 5.07. The number of ether oxygens (including phenoxy) is 1.